The van der Waals surface area contributed by atoms with Crippen LogP contribution in [-0.4, -0.2) is 44.2 Å². The monoisotopic (exact) mass is 282 g/mol. The van der Waals surface area contributed by atoms with Crippen LogP contribution in [0.1, 0.15) is 29.8 Å². The van der Waals surface area contributed by atoms with Crippen LogP contribution < -0.4 is 5.32 Å². The molecular formula is C12H14N2O6. The Morgan fingerprint density at radius 2 is 2.00 bits per heavy atom. The summed E-state index contributed by atoms with van der Waals surface area (Å²) in [6, 6.07) is 1.44. The van der Waals surface area contributed by atoms with Crippen molar-refractivity contribution < 1.29 is 29.7 Å². The first kappa shape index (κ1) is 15.4. The molecule has 0 fully saturated rings. The molecule has 0 aliphatic rings. The second-order valence-electron chi connectivity index (χ2n) is 4.02. The predicted molar refractivity (Wildman–Crippen MR) is 66.3 cm³/mol. The summed E-state index contributed by atoms with van der Waals surface area (Å²) in [5.41, 5.74) is -0.281. The van der Waals surface area contributed by atoms with E-state index in [1.54, 1.807) is 0 Å². The number of hydrogen-bond acceptors (Lipinski definition) is 5. The number of pyridine rings is 1. The van der Waals surface area contributed by atoms with Gasteiger partial charge >= 0.3 is 11.9 Å². The van der Waals surface area contributed by atoms with Crippen LogP contribution in [0.2, 0.25) is 0 Å². The van der Waals surface area contributed by atoms with Crippen LogP contribution in [-0.2, 0) is 9.59 Å². The summed E-state index contributed by atoms with van der Waals surface area (Å²) in [6.07, 6.45) is 1.19. The summed E-state index contributed by atoms with van der Waals surface area (Å²) in [4.78, 5) is 36.8. The first-order valence-corrected chi connectivity index (χ1v) is 5.81. The number of nitrogens with zero attached hydrogens (tertiary/aromatic N) is 1. The second-order valence-corrected chi connectivity index (χ2v) is 4.02. The molecule has 0 radical (unpaired) electrons. The zero-order valence-electron chi connectivity index (χ0n) is 10.4. The molecule has 0 aromatic carbocycles. The van der Waals surface area contributed by atoms with Crippen LogP contribution >= 0.6 is 0 Å². The molecule has 0 aliphatic heterocycles. The fourth-order valence-corrected chi connectivity index (χ4v) is 1.51. The molecule has 8 heteroatoms. The molecule has 0 saturated carbocycles. The van der Waals surface area contributed by atoms with Gasteiger partial charge in [-0.2, -0.15) is 0 Å². The summed E-state index contributed by atoms with van der Waals surface area (Å²) in [5.74, 6) is -3.51. The van der Waals surface area contributed by atoms with Crippen LogP contribution in [0.5, 0.6) is 5.75 Å². The van der Waals surface area contributed by atoms with Crippen LogP contribution in [0.4, 0.5) is 0 Å². The lowest BCUT2D eigenvalue weighted by Gasteiger charge is -2.13. The number of carbonyl (C=O) groups excluding carboxylic acids is 1. The second kappa shape index (κ2) is 7.07. The van der Waals surface area contributed by atoms with Crippen molar-refractivity contribution in [3.05, 3.63) is 24.0 Å². The molecule has 1 aromatic heterocycles. The van der Waals surface area contributed by atoms with Gasteiger partial charge in [0, 0.05) is 12.6 Å². The summed E-state index contributed by atoms with van der Waals surface area (Å²) in [5, 5.41) is 29.1. The zero-order chi connectivity index (χ0) is 15.1. The lowest BCUT2D eigenvalue weighted by Crippen LogP contribution is -2.41. The third-order valence-electron chi connectivity index (χ3n) is 2.49. The highest BCUT2D eigenvalue weighted by atomic mass is 16.4. The lowest BCUT2D eigenvalue weighted by atomic mass is 10.1. The molecule has 0 aliphatic carbocycles. The minimum atomic E-state index is -1.28. The summed E-state index contributed by atoms with van der Waals surface area (Å²) >= 11 is 0. The Balaban J connectivity index is 2.66. The quantitative estimate of drug-likeness (QED) is 0.561. The van der Waals surface area contributed by atoms with Gasteiger partial charge in [0.05, 0.1) is 0 Å². The molecule has 1 atom stereocenters. The van der Waals surface area contributed by atoms with E-state index in [9.17, 15) is 19.5 Å². The summed E-state index contributed by atoms with van der Waals surface area (Å²) in [7, 11) is 0. The molecule has 1 amide bonds. The number of aromatic hydroxyl groups is 1. The number of aromatic nitrogens is 1. The Bertz CT molecular complexity index is 516. The lowest BCUT2D eigenvalue weighted by molar-refractivity contribution is -0.140. The average Bonchev–Trinajstić information content (AvgIpc) is 2.37. The first-order valence-electron chi connectivity index (χ1n) is 5.81. The van der Waals surface area contributed by atoms with Gasteiger partial charge in [0.2, 0.25) is 0 Å². The molecule has 1 heterocycles. The molecule has 108 valence electrons. The van der Waals surface area contributed by atoms with Crippen molar-refractivity contribution in [2.24, 2.45) is 0 Å². The molecule has 8 nitrogen and oxygen atoms in total. The van der Waals surface area contributed by atoms with Crippen molar-refractivity contribution in [3.8, 4) is 5.75 Å². The van der Waals surface area contributed by atoms with E-state index < -0.39 is 23.9 Å². The highest BCUT2D eigenvalue weighted by Crippen LogP contribution is 2.13. The Kier molecular flexibility index (Phi) is 5.45. The zero-order valence-corrected chi connectivity index (χ0v) is 10.4. The molecule has 0 unspecified atom stereocenters. The highest BCUT2D eigenvalue weighted by molar-refractivity contribution is 5.97. The van der Waals surface area contributed by atoms with Gasteiger partial charge < -0.3 is 20.6 Å². The molecule has 0 saturated heterocycles. The number of carboxylic acids is 2. The normalized spacial score (nSPS) is 11.6. The average molecular weight is 282 g/mol. The molecular weight excluding hydrogens is 268 g/mol. The maximum Gasteiger partial charge on any atom is 0.326 e. The Hall–Kier alpha value is -2.64. The van der Waals surface area contributed by atoms with E-state index >= 15 is 0 Å². The summed E-state index contributed by atoms with van der Waals surface area (Å²) < 4.78 is 0. The minimum absolute atomic E-state index is 0.0268. The van der Waals surface area contributed by atoms with Crippen molar-refractivity contribution in [1.82, 2.24) is 10.3 Å². The molecule has 0 bridgehead atoms. The van der Waals surface area contributed by atoms with Gasteiger partial charge in [-0.1, -0.05) is 0 Å². The van der Waals surface area contributed by atoms with Gasteiger partial charge in [0.1, 0.15) is 11.8 Å². The smallest absolute Gasteiger partial charge is 0.326 e. The van der Waals surface area contributed by atoms with Crippen LogP contribution in [0.25, 0.3) is 0 Å². The van der Waals surface area contributed by atoms with Crippen LogP contribution in [0, 0.1) is 0 Å². The van der Waals surface area contributed by atoms with Crippen molar-refractivity contribution in [1.29, 1.82) is 0 Å². The van der Waals surface area contributed by atoms with E-state index in [-0.39, 0.29) is 30.7 Å². The van der Waals surface area contributed by atoms with Crippen molar-refractivity contribution >= 4 is 17.8 Å². The fourth-order valence-electron chi connectivity index (χ4n) is 1.51. The SMILES string of the molecule is O=C(O)CCC[C@@H](NC(=O)c1ncccc1O)C(=O)O. The van der Waals surface area contributed by atoms with E-state index in [2.05, 4.69) is 10.3 Å². The number of aliphatic carboxylic acids is 2. The van der Waals surface area contributed by atoms with Crippen molar-refractivity contribution in [2.75, 3.05) is 0 Å². The highest BCUT2D eigenvalue weighted by Gasteiger charge is 2.22. The molecule has 4 N–H and O–H groups in total. The van der Waals surface area contributed by atoms with Crippen molar-refractivity contribution in [2.45, 2.75) is 25.3 Å². The Morgan fingerprint density at radius 1 is 1.30 bits per heavy atom. The maximum atomic E-state index is 11.8. The number of hydrogen-bond donors (Lipinski definition) is 4. The minimum Gasteiger partial charge on any atom is -0.505 e. The van der Waals surface area contributed by atoms with E-state index in [0.717, 1.165) is 0 Å². The number of carboxylic acid groups (broad SMARTS) is 2. The largest absolute Gasteiger partial charge is 0.505 e. The fraction of sp³-hybridized carbons (Fsp3) is 0.333. The number of nitrogens with one attached hydrogen (secondary N) is 1. The van der Waals surface area contributed by atoms with Crippen LogP contribution in [0.3, 0.4) is 0 Å². The third kappa shape index (κ3) is 4.56. The number of rotatable bonds is 7. The standard InChI is InChI=1S/C12H14N2O6/c15-8-4-2-6-13-10(8)11(18)14-7(12(19)20)3-1-5-9(16)17/h2,4,6-7,15H,1,3,5H2,(H,14,18)(H,16,17)(H,19,20)/t7-/m1/s1. The van der Waals surface area contributed by atoms with Gasteiger partial charge in [-0.15, -0.1) is 0 Å². The van der Waals surface area contributed by atoms with Gasteiger partial charge in [-0.25, -0.2) is 9.78 Å². The van der Waals surface area contributed by atoms with Crippen LogP contribution in [0.15, 0.2) is 18.3 Å². The van der Waals surface area contributed by atoms with E-state index in [4.69, 9.17) is 10.2 Å². The first-order chi connectivity index (χ1) is 9.41. The van der Waals surface area contributed by atoms with Gasteiger partial charge in [0.25, 0.3) is 5.91 Å². The maximum absolute atomic E-state index is 11.8. The third-order valence-corrected chi connectivity index (χ3v) is 2.49. The van der Waals surface area contributed by atoms with E-state index in [1.165, 1.54) is 18.3 Å². The topological polar surface area (TPSA) is 137 Å². The Labute approximate surface area is 114 Å². The van der Waals surface area contributed by atoms with Gasteiger partial charge in [-0.3, -0.25) is 9.59 Å². The number of amides is 1. The Morgan fingerprint density at radius 3 is 2.55 bits per heavy atom. The molecule has 1 rings (SSSR count). The van der Waals surface area contributed by atoms with Gasteiger partial charge in [0.15, 0.2) is 5.69 Å². The molecule has 0 spiro atoms. The van der Waals surface area contributed by atoms with E-state index in [1.807, 2.05) is 0 Å². The van der Waals surface area contributed by atoms with E-state index in [0.29, 0.717) is 0 Å². The molecule has 1 aromatic rings. The predicted octanol–water partition coefficient (Wildman–Crippen LogP) is 0.225. The molecule has 20 heavy (non-hydrogen) atoms. The number of carbonyl (C=O) groups is 3. The van der Waals surface area contributed by atoms with Crippen molar-refractivity contribution in [3.63, 3.8) is 0 Å². The van der Waals surface area contributed by atoms with Gasteiger partial charge in [-0.05, 0) is 25.0 Å². The summed E-state index contributed by atoms with van der Waals surface area (Å²) in [6.45, 7) is 0.